The Morgan fingerprint density at radius 3 is 2.76 bits per heavy atom. The summed E-state index contributed by atoms with van der Waals surface area (Å²) in [7, 11) is 0. The number of nitrogens with zero attached hydrogens (tertiary/aromatic N) is 3. The van der Waals surface area contributed by atoms with Crippen LogP contribution in [-0.2, 0) is 22.5 Å². The molecule has 2 aliphatic heterocycles. The van der Waals surface area contributed by atoms with Crippen molar-refractivity contribution >= 4 is 27.3 Å². The van der Waals surface area contributed by atoms with Crippen molar-refractivity contribution in [3.8, 4) is 28.3 Å². The maximum Gasteiger partial charge on any atom is 0.222 e. The number of thiophene rings is 1. The summed E-state index contributed by atoms with van der Waals surface area (Å²) in [4.78, 5) is 14.3. The molecule has 2 aliphatic rings. The summed E-state index contributed by atoms with van der Waals surface area (Å²) in [6, 6.07) is 13.1. The third kappa shape index (κ3) is 6.42. The van der Waals surface area contributed by atoms with Crippen LogP contribution in [0.4, 0.5) is 4.39 Å². The summed E-state index contributed by atoms with van der Waals surface area (Å²) in [5.41, 5.74) is 5.95. The molecule has 0 atom stereocenters. The number of rotatable bonds is 10. The lowest BCUT2D eigenvalue weighted by atomic mass is 9.96. The number of aromatic nitrogens is 2. The summed E-state index contributed by atoms with van der Waals surface area (Å²) in [6.07, 6.45) is 5.59. The summed E-state index contributed by atoms with van der Waals surface area (Å²) in [6.45, 7) is 4.72. The van der Waals surface area contributed by atoms with Gasteiger partial charge >= 0.3 is 0 Å². The molecule has 1 amide bonds. The van der Waals surface area contributed by atoms with Crippen LogP contribution >= 0.6 is 11.3 Å². The summed E-state index contributed by atoms with van der Waals surface area (Å²) in [5.74, 6) is 0.244. The Labute approximate surface area is 243 Å². The van der Waals surface area contributed by atoms with Gasteiger partial charge < -0.3 is 19.7 Å². The minimum absolute atomic E-state index is 0.213. The predicted molar refractivity (Wildman–Crippen MR) is 160 cm³/mol. The number of ether oxygens (including phenoxy) is 2. The van der Waals surface area contributed by atoms with Gasteiger partial charge in [0.05, 0.1) is 11.3 Å². The number of carbonyl (C=O) groups excluding carboxylic acids is 1. The van der Waals surface area contributed by atoms with Crippen molar-refractivity contribution in [1.82, 2.24) is 20.4 Å². The van der Waals surface area contributed by atoms with Gasteiger partial charge in [-0.1, -0.05) is 12.1 Å². The van der Waals surface area contributed by atoms with Crippen molar-refractivity contribution in [2.45, 2.75) is 45.1 Å². The van der Waals surface area contributed by atoms with Crippen LogP contribution in [0.5, 0.6) is 5.75 Å². The lowest BCUT2D eigenvalue weighted by molar-refractivity contribution is -0.132. The summed E-state index contributed by atoms with van der Waals surface area (Å²) in [5, 5.41) is 15.8. The molecule has 0 saturated carbocycles. The second kappa shape index (κ2) is 13.1. The van der Waals surface area contributed by atoms with Crippen molar-refractivity contribution in [1.29, 1.82) is 0 Å². The van der Waals surface area contributed by atoms with E-state index >= 15 is 0 Å². The fourth-order valence-electron chi connectivity index (χ4n) is 5.64. The van der Waals surface area contributed by atoms with E-state index in [9.17, 15) is 9.18 Å². The molecule has 0 aliphatic carbocycles. The van der Waals surface area contributed by atoms with Gasteiger partial charge in [-0.25, -0.2) is 4.39 Å². The van der Waals surface area contributed by atoms with Gasteiger partial charge in [0.15, 0.2) is 0 Å². The van der Waals surface area contributed by atoms with Crippen LogP contribution in [0.15, 0.2) is 47.8 Å². The smallest absolute Gasteiger partial charge is 0.222 e. The first-order chi connectivity index (χ1) is 20.2. The molecule has 1 N–H and O–H groups in total. The van der Waals surface area contributed by atoms with Gasteiger partial charge in [0.2, 0.25) is 5.91 Å². The highest BCUT2D eigenvalue weighted by Gasteiger charge is 2.19. The van der Waals surface area contributed by atoms with Gasteiger partial charge in [0.1, 0.15) is 29.6 Å². The molecule has 2 aromatic heterocycles. The van der Waals surface area contributed by atoms with E-state index in [4.69, 9.17) is 9.47 Å². The standard InChI is InChI=1S/C32H35FN4O3S/c33-25-8-9-26(28(20-25)40-17-16-39-15-4-5-29(38)37-13-2-1-3-14-37)31-32-27(11-18-41-32)30(35-36-31)23-6-7-24-21-34-12-10-22(24)19-23/h6-9,11,18-20,34H,1-5,10,12-17,21H2. The van der Waals surface area contributed by atoms with Crippen LogP contribution in [0.3, 0.4) is 0 Å². The number of piperidine rings is 1. The van der Waals surface area contributed by atoms with E-state index in [2.05, 4.69) is 39.8 Å². The fourth-order valence-corrected chi connectivity index (χ4v) is 6.54. The maximum absolute atomic E-state index is 14.3. The summed E-state index contributed by atoms with van der Waals surface area (Å²) < 4.78 is 26.9. The Bertz CT molecular complexity index is 1520. The molecule has 0 spiro atoms. The molecule has 7 nitrogen and oxygen atoms in total. The van der Waals surface area contributed by atoms with Crippen LogP contribution in [0, 0.1) is 5.82 Å². The molecule has 6 rings (SSSR count). The first-order valence-electron chi connectivity index (χ1n) is 14.5. The topological polar surface area (TPSA) is 76.6 Å². The van der Waals surface area contributed by atoms with Gasteiger partial charge in [-0.2, -0.15) is 0 Å². The summed E-state index contributed by atoms with van der Waals surface area (Å²) >= 11 is 1.59. The highest BCUT2D eigenvalue weighted by molar-refractivity contribution is 7.17. The molecule has 4 heterocycles. The number of hydrogen-bond acceptors (Lipinski definition) is 7. The lowest BCUT2D eigenvalue weighted by Gasteiger charge is -2.26. The first-order valence-corrected chi connectivity index (χ1v) is 15.4. The highest BCUT2D eigenvalue weighted by atomic mass is 32.1. The quantitative estimate of drug-likeness (QED) is 0.234. The minimum Gasteiger partial charge on any atom is -0.490 e. The Kier molecular flexibility index (Phi) is 8.84. The number of fused-ring (bicyclic) bond motifs is 2. The average molecular weight is 575 g/mol. The van der Waals surface area contributed by atoms with Crippen molar-refractivity contribution in [2.75, 3.05) is 39.5 Å². The molecular weight excluding hydrogens is 539 g/mol. The molecule has 1 saturated heterocycles. The zero-order valence-electron chi connectivity index (χ0n) is 23.2. The predicted octanol–water partition coefficient (Wildman–Crippen LogP) is 6.00. The van der Waals surface area contributed by atoms with Crippen molar-refractivity contribution in [3.63, 3.8) is 0 Å². The fraction of sp³-hybridized carbons (Fsp3) is 0.406. The van der Waals surface area contributed by atoms with E-state index in [1.807, 2.05) is 10.3 Å². The van der Waals surface area contributed by atoms with Crippen molar-refractivity contribution in [3.05, 3.63) is 64.8 Å². The molecule has 214 valence electrons. The Morgan fingerprint density at radius 1 is 0.976 bits per heavy atom. The zero-order valence-corrected chi connectivity index (χ0v) is 24.0. The van der Waals surface area contributed by atoms with E-state index in [0.29, 0.717) is 43.1 Å². The number of nitrogens with one attached hydrogen (secondary N) is 1. The second-order valence-corrected chi connectivity index (χ2v) is 11.5. The van der Waals surface area contributed by atoms with Crippen LogP contribution in [0.2, 0.25) is 0 Å². The van der Waals surface area contributed by atoms with E-state index < -0.39 is 0 Å². The molecule has 4 aromatic rings. The van der Waals surface area contributed by atoms with Crippen LogP contribution in [0.25, 0.3) is 32.6 Å². The largest absolute Gasteiger partial charge is 0.490 e. The second-order valence-electron chi connectivity index (χ2n) is 10.6. The number of likely N-dealkylation sites (tertiary alicyclic amines) is 1. The van der Waals surface area contributed by atoms with Gasteiger partial charge in [-0.05, 0) is 79.4 Å². The lowest BCUT2D eigenvalue weighted by Crippen LogP contribution is -2.35. The molecular formula is C32H35FN4O3S. The molecule has 2 aromatic carbocycles. The number of halogens is 1. The minimum atomic E-state index is -0.378. The first kappa shape index (κ1) is 27.8. The van der Waals surface area contributed by atoms with Gasteiger partial charge in [-0.15, -0.1) is 21.5 Å². The van der Waals surface area contributed by atoms with Gasteiger partial charge in [0, 0.05) is 55.2 Å². The third-order valence-electron chi connectivity index (χ3n) is 7.82. The maximum atomic E-state index is 14.3. The van der Waals surface area contributed by atoms with E-state index in [1.54, 1.807) is 17.4 Å². The molecule has 0 unspecified atom stereocenters. The number of amides is 1. The van der Waals surface area contributed by atoms with Gasteiger partial charge in [-0.3, -0.25) is 4.79 Å². The molecule has 41 heavy (non-hydrogen) atoms. The monoisotopic (exact) mass is 574 g/mol. The van der Waals surface area contributed by atoms with Crippen LogP contribution < -0.4 is 10.1 Å². The Hall–Kier alpha value is -3.40. The molecule has 9 heteroatoms. The average Bonchev–Trinajstić information content (AvgIpc) is 3.51. The number of hydrogen-bond donors (Lipinski definition) is 1. The van der Waals surface area contributed by atoms with Gasteiger partial charge in [0.25, 0.3) is 0 Å². The normalized spacial score (nSPS) is 15.2. The molecule has 0 radical (unpaired) electrons. The van der Waals surface area contributed by atoms with Crippen molar-refractivity contribution in [2.24, 2.45) is 0 Å². The van der Waals surface area contributed by atoms with Crippen LogP contribution in [0.1, 0.15) is 43.2 Å². The third-order valence-corrected chi connectivity index (χ3v) is 8.74. The molecule has 1 fully saturated rings. The Morgan fingerprint density at radius 2 is 1.85 bits per heavy atom. The molecule has 0 bridgehead atoms. The van der Waals surface area contributed by atoms with E-state index in [0.717, 1.165) is 66.8 Å². The highest BCUT2D eigenvalue weighted by Crippen LogP contribution is 2.39. The van der Waals surface area contributed by atoms with E-state index in [-0.39, 0.29) is 18.3 Å². The number of benzene rings is 2. The van der Waals surface area contributed by atoms with Crippen LogP contribution in [-0.4, -0.2) is 60.5 Å². The zero-order chi connectivity index (χ0) is 28.0. The number of carbonyl (C=O) groups is 1. The Balaban J connectivity index is 1.11. The van der Waals surface area contributed by atoms with Crippen molar-refractivity contribution < 1.29 is 18.7 Å². The van der Waals surface area contributed by atoms with E-state index in [1.165, 1.54) is 29.7 Å². The SMILES string of the molecule is O=C(CCCOCCOc1cc(F)ccc1-c1nnc(-c2ccc3c(c2)CCNC3)c2ccsc12)N1CCCCC1.